The molecule has 0 aliphatic heterocycles. The van der Waals surface area contributed by atoms with E-state index >= 15 is 0 Å². The van der Waals surface area contributed by atoms with Crippen LogP contribution in [0.4, 0.5) is 5.00 Å². The minimum atomic E-state index is -0.331. The maximum Gasteiger partial charge on any atom is 0.315 e. The van der Waals surface area contributed by atoms with Gasteiger partial charge in [-0.15, -0.1) is 0 Å². The number of hydrogen-bond acceptors (Lipinski definition) is 5. The fourth-order valence-electron chi connectivity index (χ4n) is 1.37. The quantitative estimate of drug-likeness (QED) is 0.854. The molecule has 0 fully saturated rings. The molecule has 0 spiro atoms. The number of esters is 1. The van der Waals surface area contributed by atoms with E-state index < -0.39 is 0 Å². The van der Waals surface area contributed by atoms with Crippen LogP contribution in [0.3, 0.4) is 0 Å². The summed E-state index contributed by atoms with van der Waals surface area (Å²) in [6, 6.07) is 1.88. The number of anilines is 1. The highest BCUT2D eigenvalue weighted by Crippen LogP contribution is 2.41. The molecule has 17 heavy (non-hydrogen) atoms. The molecule has 4 nitrogen and oxygen atoms in total. The monoisotopic (exact) mass is 272 g/mol. The van der Waals surface area contributed by atoms with Gasteiger partial charge < -0.3 is 10.5 Å². The average Bonchev–Trinajstić information content (AvgIpc) is 2.55. The van der Waals surface area contributed by atoms with Crippen LogP contribution in [0.5, 0.6) is 5.06 Å². The van der Waals surface area contributed by atoms with Crippen molar-refractivity contribution in [2.45, 2.75) is 26.7 Å². The van der Waals surface area contributed by atoms with E-state index in [1.54, 1.807) is 0 Å². The van der Waals surface area contributed by atoms with Crippen molar-refractivity contribution >= 4 is 33.9 Å². The van der Waals surface area contributed by atoms with Gasteiger partial charge in [-0.3, -0.25) is 4.79 Å². The number of thiophene rings is 1. The number of hydrogen-bond donors (Lipinski definition) is 1. The zero-order valence-corrected chi connectivity index (χ0v) is 11.2. The topological polar surface area (TPSA) is 76.1 Å². The molecule has 0 atom stereocenters. The molecule has 1 aromatic rings. The fraction of sp³-hybridized carbons (Fsp3) is 0.455. The van der Waals surface area contributed by atoms with Crippen molar-refractivity contribution in [1.82, 2.24) is 0 Å². The zero-order valence-electron chi connectivity index (χ0n) is 9.62. The first-order chi connectivity index (χ1) is 8.04. The van der Waals surface area contributed by atoms with E-state index in [4.69, 9.17) is 27.3 Å². The molecule has 2 N–H and O–H groups in total. The van der Waals surface area contributed by atoms with Gasteiger partial charge in [0.05, 0.1) is 5.92 Å². The Kier molecular flexibility index (Phi) is 4.79. The second-order valence-corrected chi connectivity index (χ2v) is 4.88. The number of nitrogen functional groups attached to an aromatic ring is 1. The maximum atomic E-state index is 11.7. The molecule has 6 heteroatoms. The van der Waals surface area contributed by atoms with Crippen LogP contribution < -0.4 is 10.5 Å². The van der Waals surface area contributed by atoms with Gasteiger partial charge in [-0.2, -0.15) is 5.26 Å². The summed E-state index contributed by atoms with van der Waals surface area (Å²) in [5, 5.41) is 9.39. The third-order valence-corrected chi connectivity index (χ3v) is 3.84. The van der Waals surface area contributed by atoms with E-state index in [2.05, 4.69) is 0 Å². The van der Waals surface area contributed by atoms with E-state index in [9.17, 15) is 4.79 Å². The third-order valence-electron chi connectivity index (χ3n) is 2.47. The molecular formula is C11H13ClN2O2S. The molecule has 0 saturated heterocycles. The zero-order chi connectivity index (χ0) is 13.0. The smallest absolute Gasteiger partial charge is 0.315 e. The van der Waals surface area contributed by atoms with Crippen molar-refractivity contribution in [1.29, 1.82) is 5.26 Å². The van der Waals surface area contributed by atoms with Gasteiger partial charge in [0.15, 0.2) is 0 Å². The van der Waals surface area contributed by atoms with Crippen LogP contribution in [0.15, 0.2) is 0 Å². The number of nitrogens with two attached hydrogens (primary N) is 1. The molecule has 0 aliphatic rings. The average molecular weight is 273 g/mol. The second-order valence-electron chi connectivity index (χ2n) is 3.49. The third kappa shape index (κ3) is 2.90. The van der Waals surface area contributed by atoms with Crippen LogP contribution in [0, 0.1) is 17.2 Å². The summed E-state index contributed by atoms with van der Waals surface area (Å²) in [5.74, 6) is -0.484. The van der Waals surface area contributed by atoms with Crippen LogP contribution >= 0.6 is 22.9 Å². The molecule has 0 unspecified atom stereocenters. The Hall–Kier alpha value is -1.25. The molecule has 1 rings (SSSR count). The number of rotatable bonds is 4. The van der Waals surface area contributed by atoms with Crippen LogP contribution in [0.1, 0.15) is 32.3 Å². The number of carbonyl (C=O) groups is 1. The number of ether oxygens (including phenoxy) is 1. The number of carbonyl (C=O) groups excluding carboxylic acids is 1. The van der Waals surface area contributed by atoms with Crippen molar-refractivity contribution in [3.05, 3.63) is 10.6 Å². The van der Waals surface area contributed by atoms with E-state index in [0.29, 0.717) is 12.8 Å². The van der Waals surface area contributed by atoms with E-state index in [-0.39, 0.29) is 32.5 Å². The molecule has 1 heterocycles. The van der Waals surface area contributed by atoms with Gasteiger partial charge in [0, 0.05) is 0 Å². The molecule has 1 aromatic heterocycles. The molecule has 0 radical (unpaired) electrons. The summed E-state index contributed by atoms with van der Waals surface area (Å²) in [6.45, 7) is 3.83. The Bertz CT molecular complexity index is 461. The van der Waals surface area contributed by atoms with Crippen molar-refractivity contribution < 1.29 is 9.53 Å². The highest BCUT2D eigenvalue weighted by molar-refractivity contribution is 7.18. The number of nitrogens with zero attached hydrogens (tertiary/aromatic N) is 1. The van der Waals surface area contributed by atoms with E-state index in [1.165, 1.54) is 0 Å². The molecule has 92 valence electrons. The lowest BCUT2D eigenvalue weighted by Crippen LogP contribution is -2.18. The summed E-state index contributed by atoms with van der Waals surface area (Å²) in [4.78, 5) is 11.7. The summed E-state index contributed by atoms with van der Waals surface area (Å²) < 4.78 is 5.17. The molecule has 0 aliphatic carbocycles. The number of halogens is 1. The van der Waals surface area contributed by atoms with Gasteiger partial charge in [-0.25, -0.2) is 0 Å². The Morgan fingerprint density at radius 3 is 2.59 bits per heavy atom. The Morgan fingerprint density at radius 1 is 1.59 bits per heavy atom. The van der Waals surface area contributed by atoms with Gasteiger partial charge >= 0.3 is 5.97 Å². The van der Waals surface area contributed by atoms with Crippen LogP contribution in [-0.2, 0) is 4.79 Å². The van der Waals surface area contributed by atoms with Crippen molar-refractivity contribution in [3.8, 4) is 11.1 Å². The normalized spacial score (nSPS) is 10.3. The second kappa shape index (κ2) is 5.89. The molecular weight excluding hydrogens is 260 g/mol. The molecule has 0 saturated carbocycles. The van der Waals surface area contributed by atoms with Gasteiger partial charge in [0.25, 0.3) is 0 Å². The fourth-order valence-corrected chi connectivity index (χ4v) is 2.49. The van der Waals surface area contributed by atoms with Gasteiger partial charge in [0.2, 0.25) is 5.06 Å². The standard InChI is InChI=1S/C11H13ClN2O2S/c1-3-6(4-2)10(15)16-11-8(12)7(5-13)9(14)17-11/h6H,3-4,14H2,1-2H3. The van der Waals surface area contributed by atoms with Gasteiger partial charge in [0.1, 0.15) is 21.7 Å². The summed E-state index contributed by atoms with van der Waals surface area (Å²) in [5.41, 5.74) is 5.76. The Balaban J connectivity index is 2.90. The SMILES string of the molecule is CCC(CC)C(=O)Oc1sc(N)c(C#N)c1Cl. The predicted octanol–water partition coefficient (Wildman–Crippen LogP) is 3.20. The van der Waals surface area contributed by atoms with Gasteiger partial charge in [-0.05, 0) is 12.8 Å². The first kappa shape index (κ1) is 13.8. The lowest BCUT2D eigenvalue weighted by atomic mass is 10.0. The Labute approximate surface area is 109 Å². The van der Waals surface area contributed by atoms with Crippen molar-refractivity contribution in [2.24, 2.45) is 5.92 Å². The van der Waals surface area contributed by atoms with Crippen molar-refractivity contribution in [2.75, 3.05) is 5.73 Å². The molecule has 0 aromatic carbocycles. The summed E-state index contributed by atoms with van der Waals surface area (Å²) in [7, 11) is 0. The molecule has 0 amide bonds. The van der Waals surface area contributed by atoms with Gasteiger partial charge in [-0.1, -0.05) is 36.8 Å². The highest BCUT2D eigenvalue weighted by Gasteiger charge is 2.22. The number of nitriles is 1. The lowest BCUT2D eigenvalue weighted by molar-refractivity contribution is -0.138. The molecule has 0 bridgehead atoms. The van der Waals surface area contributed by atoms with Crippen LogP contribution in [0.25, 0.3) is 0 Å². The minimum Gasteiger partial charge on any atom is -0.413 e. The summed E-state index contributed by atoms with van der Waals surface area (Å²) in [6.07, 6.45) is 1.41. The highest BCUT2D eigenvalue weighted by atomic mass is 35.5. The summed E-state index contributed by atoms with van der Waals surface area (Å²) >= 11 is 6.91. The van der Waals surface area contributed by atoms with E-state index in [0.717, 1.165) is 11.3 Å². The van der Waals surface area contributed by atoms with E-state index in [1.807, 2.05) is 19.9 Å². The first-order valence-corrected chi connectivity index (χ1v) is 6.44. The first-order valence-electron chi connectivity index (χ1n) is 5.24. The van der Waals surface area contributed by atoms with Crippen LogP contribution in [-0.4, -0.2) is 5.97 Å². The predicted molar refractivity (Wildman–Crippen MR) is 68.2 cm³/mol. The van der Waals surface area contributed by atoms with Crippen LogP contribution in [0.2, 0.25) is 5.02 Å². The Morgan fingerprint density at radius 2 is 2.18 bits per heavy atom. The largest absolute Gasteiger partial charge is 0.413 e. The maximum absolute atomic E-state index is 11.7. The minimum absolute atomic E-state index is 0.120. The van der Waals surface area contributed by atoms with Crippen molar-refractivity contribution in [3.63, 3.8) is 0 Å². The lowest BCUT2D eigenvalue weighted by Gasteiger charge is -2.10.